The molecule has 1 N–H and O–H groups in total. The minimum absolute atomic E-state index is 0.0979. The lowest BCUT2D eigenvalue weighted by atomic mass is 9.99. The summed E-state index contributed by atoms with van der Waals surface area (Å²) >= 11 is 0. The molecule has 3 aliphatic rings. The van der Waals surface area contributed by atoms with Crippen LogP contribution in [0.25, 0.3) is 5.57 Å². The summed E-state index contributed by atoms with van der Waals surface area (Å²) in [6.45, 7) is 2.75. The zero-order chi connectivity index (χ0) is 27.6. The second-order valence-corrected chi connectivity index (χ2v) is 9.50. The molecule has 1 fully saturated rings. The van der Waals surface area contributed by atoms with Crippen LogP contribution in [-0.2, 0) is 4.79 Å². The molecule has 5 rings (SSSR count). The van der Waals surface area contributed by atoms with E-state index in [0.717, 1.165) is 54.6 Å². The van der Waals surface area contributed by atoms with Crippen LogP contribution in [0.3, 0.4) is 0 Å². The van der Waals surface area contributed by atoms with Gasteiger partial charge in [-0.15, -0.1) is 0 Å². The van der Waals surface area contributed by atoms with E-state index in [4.69, 9.17) is 4.74 Å². The Labute approximate surface area is 230 Å². The molecular weight excluding hydrogens is 488 g/mol. The molecule has 1 saturated heterocycles. The molecule has 7 nitrogen and oxygen atoms in total. The van der Waals surface area contributed by atoms with E-state index >= 15 is 0 Å². The van der Waals surface area contributed by atoms with Gasteiger partial charge in [0.05, 0.1) is 31.2 Å². The number of hydrogen-bond acceptors (Lipinski definition) is 6. The fourth-order valence-corrected chi connectivity index (χ4v) is 4.62. The van der Waals surface area contributed by atoms with Gasteiger partial charge in [0, 0.05) is 30.1 Å². The standard InChI is InChI=1S/C17H22N4O2.C15H14O/c1-12-6-8-20(11-19-12)15-5-4-13(10-16(15)23-3)21-9-7-14(18-2)17(21)22;16-12-13-7-6-10-15(11-13)14-8-4-2-1-3-5-9-14/h4-6,8,10-12,14,18H,7,9H2,1-3H3;2-8,10-12H,1,9H2/b;4-2?,5-3-,14-8+. The number of carbonyl (C=O) groups is 2. The molecule has 0 bridgehead atoms. The second kappa shape index (κ2) is 13.5. The van der Waals surface area contributed by atoms with Gasteiger partial charge < -0.3 is 19.9 Å². The summed E-state index contributed by atoms with van der Waals surface area (Å²) in [6, 6.07) is 13.6. The van der Waals surface area contributed by atoms with E-state index in [1.54, 1.807) is 18.3 Å². The van der Waals surface area contributed by atoms with Gasteiger partial charge in [-0.25, -0.2) is 0 Å². The van der Waals surface area contributed by atoms with Crippen molar-refractivity contribution >= 4 is 35.5 Å². The Morgan fingerprint density at radius 1 is 1.13 bits per heavy atom. The SMILES string of the molecule is CNC1CCN(c2ccc(N3C=CC(C)N=C3)c(OC)c2)C1=O.O=Cc1cccc(/C2=C/C=CC/C=C\C2)c1. The van der Waals surface area contributed by atoms with Crippen LogP contribution in [0.1, 0.15) is 42.1 Å². The largest absolute Gasteiger partial charge is 0.494 e. The van der Waals surface area contributed by atoms with Crippen LogP contribution in [-0.4, -0.2) is 51.3 Å². The highest BCUT2D eigenvalue weighted by atomic mass is 16.5. The van der Waals surface area contributed by atoms with Crippen LogP contribution in [0.15, 0.2) is 90.1 Å². The summed E-state index contributed by atoms with van der Waals surface area (Å²) in [7, 11) is 3.46. The molecule has 0 radical (unpaired) electrons. The topological polar surface area (TPSA) is 74.2 Å². The van der Waals surface area contributed by atoms with Crippen molar-refractivity contribution in [3.63, 3.8) is 0 Å². The Balaban J connectivity index is 0.000000193. The smallest absolute Gasteiger partial charge is 0.244 e. The number of allylic oxidation sites excluding steroid dienone is 6. The van der Waals surface area contributed by atoms with E-state index < -0.39 is 0 Å². The monoisotopic (exact) mass is 524 g/mol. The number of rotatable bonds is 6. The Morgan fingerprint density at radius 2 is 2.00 bits per heavy atom. The van der Waals surface area contributed by atoms with Crippen molar-refractivity contribution in [3.8, 4) is 5.75 Å². The average molecular weight is 525 g/mol. The van der Waals surface area contributed by atoms with E-state index in [9.17, 15) is 9.59 Å². The van der Waals surface area contributed by atoms with E-state index in [1.807, 2.05) is 73.6 Å². The Hall–Kier alpha value is -4.23. The van der Waals surface area contributed by atoms with Gasteiger partial charge in [-0.2, -0.15) is 0 Å². The third kappa shape index (κ3) is 7.00. The highest BCUT2D eigenvalue weighted by molar-refractivity contribution is 6.00. The number of benzene rings is 2. The summed E-state index contributed by atoms with van der Waals surface area (Å²) in [5.74, 6) is 0.824. The van der Waals surface area contributed by atoms with Gasteiger partial charge in [0.15, 0.2) is 0 Å². The van der Waals surface area contributed by atoms with Crippen molar-refractivity contribution < 1.29 is 14.3 Å². The number of carbonyl (C=O) groups excluding carboxylic acids is 2. The van der Waals surface area contributed by atoms with Crippen LogP contribution in [0.4, 0.5) is 11.4 Å². The third-order valence-electron chi connectivity index (χ3n) is 6.86. The van der Waals surface area contributed by atoms with E-state index in [0.29, 0.717) is 5.75 Å². The number of nitrogens with zero attached hydrogens (tertiary/aromatic N) is 3. The maximum Gasteiger partial charge on any atom is 0.244 e. The molecule has 202 valence electrons. The lowest BCUT2D eigenvalue weighted by Gasteiger charge is -2.24. The lowest BCUT2D eigenvalue weighted by Crippen LogP contribution is -2.36. The van der Waals surface area contributed by atoms with Crippen LogP contribution in [0, 0.1) is 0 Å². The number of methoxy groups -OCH3 is 1. The minimum atomic E-state index is -0.0979. The number of aliphatic imine (C=N–C) groups is 1. The normalized spacial score (nSPS) is 22.3. The highest BCUT2D eigenvalue weighted by Crippen LogP contribution is 2.34. The molecule has 2 aromatic carbocycles. The molecule has 2 atom stereocenters. The Bertz CT molecular complexity index is 1310. The van der Waals surface area contributed by atoms with Crippen molar-refractivity contribution in [1.82, 2.24) is 5.32 Å². The van der Waals surface area contributed by atoms with Crippen LogP contribution in [0.5, 0.6) is 5.75 Å². The van der Waals surface area contributed by atoms with Crippen molar-refractivity contribution in [2.24, 2.45) is 4.99 Å². The number of nitrogens with one attached hydrogen (secondary N) is 1. The maximum atomic E-state index is 12.3. The summed E-state index contributed by atoms with van der Waals surface area (Å²) in [6.07, 6.45) is 20.1. The number of likely N-dealkylation sites (N-methyl/N-ethyl adjacent to an activating group) is 1. The molecule has 2 aromatic rings. The first kappa shape index (κ1) is 27.8. The van der Waals surface area contributed by atoms with Gasteiger partial charge in [0.25, 0.3) is 0 Å². The molecule has 39 heavy (non-hydrogen) atoms. The molecule has 2 aliphatic heterocycles. The number of anilines is 2. The van der Waals surface area contributed by atoms with Gasteiger partial charge in [-0.1, -0.05) is 48.6 Å². The second-order valence-electron chi connectivity index (χ2n) is 9.50. The van der Waals surface area contributed by atoms with Crippen molar-refractivity contribution in [2.75, 3.05) is 30.5 Å². The molecule has 0 aromatic heterocycles. The van der Waals surface area contributed by atoms with Crippen LogP contribution < -0.4 is 19.9 Å². The number of amides is 1. The molecule has 1 amide bonds. The summed E-state index contributed by atoms with van der Waals surface area (Å²) < 4.78 is 5.52. The minimum Gasteiger partial charge on any atom is -0.494 e. The summed E-state index contributed by atoms with van der Waals surface area (Å²) in [5, 5.41) is 3.05. The first-order valence-corrected chi connectivity index (χ1v) is 13.3. The van der Waals surface area contributed by atoms with E-state index in [-0.39, 0.29) is 18.0 Å². The van der Waals surface area contributed by atoms with Gasteiger partial charge in [-0.3, -0.25) is 14.6 Å². The van der Waals surface area contributed by atoms with Crippen LogP contribution in [0.2, 0.25) is 0 Å². The zero-order valence-corrected chi connectivity index (χ0v) is 22.8. The summed E-state index contributed by atoms with van der Waals surface area (Å²) in [5.41, 5.74) is 4.87. The molecular formula is C32H36N4O3. The van der Waals surface area contributed by atoms with Crippen molar-refractivity contribution in [1.29, 1.82) is 0 Å². The molecule has 0 saturated carbocycles. The number of hydrogen-bond donors (Lipinski definition) is 1. The van der Waals surface area contributed by atoms with Crippen molar-refractivity contribution in [3.05, 3.63) is 96.2 Å². The fourth-order valence-electron chi connectivity index (χ4n) is 4.62. The average Bonchev–Trinajstić information content (AvgIpc) is 3.33. The molecule has 1 aliphatic carbocycles. The quantitative estimate of drug-likeness (QED) is 0.396. The van der Waals surface area contributed by atoms with Gasteiger partial charge in [0.2, 0.25) is 5.91 Å². The van der Waals surface area contributed by atoms with E-state index in [1.165, 1.54) is 5.57 Å². The molecule has 0 spiro atoms. The van der Waals surface area contributed by atoms with E-state index in [2.05, 4.69) is 40.7 Å². The molecule has 2 unspecified atom stereocenters. The molecule has 7 heteroatoms. The first-order chi connectivity index (χ1) is 19.0. The van der Waals surface area contributed by atoms with Gasteiger partial charge in [0.1, 0.15) is 12.0 Å². The first-order valence-electron chi connectivity index (χ1n) is 13.3. The summed E-state index contributed by atoms with van der Waals surface area (Å²) in [4.78, 5) is 31.2. The molecule has 2 heterocycles. The fraction of sp³-hybridized carbons (Fsp3) is 0.281. The number of aldehydes is 1. The Morgan fingerprint density at radius 3 is 2.72 bits per heavy atom. The van der Waals surface area contributed by atoms with Crippen LogP contribution >= 0.6 is 0 Å². The zero-order valence-electron chi connectivity index (χ0n) is 22.8. The third-order valence-corrected chi connectivity index (χ3v) is 6.86. The predicted molar refractivity (Wildman–Crippen MR) is 160 cm³/mol. The Kier molecular flexibility index (Phi) is 9.64. The maximum absolute atomic E-state index is 12.3. The predicted octanol–water partition coefficient (Wildman–Crippen LogP) is 5.56. The lowest BCUT2D eigenvalue weighted by molar-refractivity contribution is -0.118. The van der Waals surface area contributed by atoms with Gasteiger partial charge in [-0.05, 0) is 68.6 Å². The number of ether oxygens (including phenoxy) is 1. The van der Waals surface area contributed by atoms with Crippen molar-refractivity contribution in [2.45, 2.75) is 38.3 Å². The van der Waals surface area contributed by atoms with Gasteiger partial charge >= 0.3 is 0 Å². The highest BCUT2D eigenvalue weighted by Gasteiger charge is 2.31.